The fourth-order valence-electron chi connectivity index (χ4n) is 1.52. The average molecular weight is 279 g/mol. The Morgan fingerprint density at radius 3 is 2.94 bits per heavy atom. The van der Waals surface area contributed by atoms with Gasteiger partial charge in [0.15, 0.2) is 0 Å². The quantitative estimate of drug-likeness (QED) is 0.774. The summed E-state index contributed by atoms with van der Waals surface area (Å²) in [6.07, 6.45) is 0. The van der Waals surface area contributed by atoms with Crippen LogP contribution in [0.25, 0.3) is 22.2 Å². The first-order chi connectivity index (χ1) is 8.74. The molecule has 3 rings (SSSR count). The van der Waals surface area contributed by atoms with Crippen molar-refractivity contribution in [1.82, 2.24) is 10.1 Å². The van der Waals surface area contributed by atoms with Crippen LogP contribution in [0.5, 0.6) is 5.75 Å². The van der Waals surface area contributed by atoms with Crippen LogP contribution < -0.4 is 0 Å². The Labute approximate surface area is 111 Å². The SMILES string of the molecule is Oc1ccc(Cl)c(-c2nc(-c3cccs3)no2)c1. The molecule has 0 aliphatic heterocycles. The molecular formula is C12H7ClN2O2S. The van der Waals surface area contributed by atoms with Gasteiger partial charge in [0.25, 0.3) is 5.89 Å². The van der Waals surface area contributed by atoms with E-state index in [1.54, 1.807) is 6.07 Å². The molecule has 4 nitrogen and oxygen atoms in total. The summed E-state index contributed by atoms with van der Waals surface area (Å²) in [6.45, 7) is 0. The molecule has 0 fully saturated rings. The van der Waals surface area contributed by atoms with Crippen LogP contribution in [0.3, 0.4) is 0 Å². The third-order valence-electron chi connectivity index (χ3n) is 2.35. The van der Waals surface area contributed by atoms with Gasteiger partial charge in [-0.15, -0.1) is 11.3 Å². The smallest absolute Gasteiger partial charge is 0.259 e. The van der Waals surface area contributed by atoms with Gasteiger partial charge in [0.05, 0.1) is 15.5 Å². The van der Waals surface area contributed by atoms with Crippen LogP contribution in [0.4, 0.5) is 0 Å². The van der Waals surface area contributed by atoms with Crippen molar-refractivity contribution in [3.63, 3.8) is 0 Å². The van der Waals surface area contributed by atoms with Gasteiger partial charge in [-0.2, -0.15) is 4.98 Å². The van der Waals surface area contributed by atoms with Crippen molar-refractivity contribution in [3.05, 3.63) is 40.7 Å². The first-order valence-electron chi connectivity index (χ1n) is 5.10. The summed E-state index contributed by atoms with van der Waals surface area (Å²) in [5.41, 5.74) is 0.520. The molecule has 2 aromatic heterocycles. The molecule has 1 aromatic carbocycles. The molecular weight excluding hydrogens is 272 g/mol. The van der Waals surface area contributed by atoms with Crippen molar-refractivity contribution in [2.45, 2.75) is 0 Å². The molecule has 0 radical (unpaired) electrons. The number of hydrogen-bond donors (Lipinski definition) is 1. The number of phenols is 1. The summed E-state index contributed by atoms with van der Waals surface area (Å²) in [4.78, 5) is 5.18. The van der Waals surface area contributed by atoms with Gasteiger partial charge in [0.1, 0.15) is 5.75 Å². The van der Waals surface area contributed by atoms with Crippen LogP contribution in [-0.4, -0.2) is 15.2 Å². The van der Waals surface area contributed by atoms with E-state index in [1.807, 2.05) is 17.5 Å². The maximum absolute atomic E-state index is 9.44. The monoisotopic (exact) mass is 278 g/mol. The summed E-state index contributed by atoms with van der Waals surface area (Å²) < 4.78 is 5.16. The van der Waals surface area contributed by atoms with E-state index in [2.05, 4.69) is 10.1 Å². The Balaban J connectivity index is 2.05. The minimum atomic E-state index is 0.102. The van der Waals surface area contributed by atoms with Crippen LogP contribution in [0, 0.1) is 0 Å². The molecule has 0 saturated carbocycles. The molecule has 3 aromatic rings. The fourth-order valence-corrected chi connectivity index (χ4v) is 2.36. The Morgan fingerprint density at radius 2 is 2.17 bits per heavy atom. The van der Waals surface area contributed by atoms with Crippen LogP contribution in [-0.2, 0) is 0 Å². The average Bonchev–Trinajstić information content (AvgIpc) is 3.00. The van der Waals surface area contributed by atoms with Gasteiger partial charge in [0.2, 0.25) is 5.82 Å². The summed E-state index contributed by atoms with van der Waals surface area (Å²) in [5, 5.41) is 15.7. The van der Waals surface area contributed by atoms with Gasteiger partial charge in [-0.25, -0.2) is 0 Å². The van der Waals surface area contributed by atoms with Gasteiger partial charge < -0.3 is 9.63 Å². The largest absolute Gasteiger partial charge is 0.508 e. The second-order valence-corrected chi connectivity index (χ2v) is 4.92. The lowest BCUT2D eigenvalue weighted by Crippen LogP contribution is -1.80. The van der Waals surface area contributed by atoms with Crippen LogP contribution >= 0.6 is 22.9 Å². The number of thiophene rings is 1. The molecule has 0 aliphatic carbocycles. The highest BCUT2D eigenvalue weighted by Gasteiger charge is 2.14. The van der Waals surface area contributed by atoms with Crippen LogP contribution in [0.2, 0.25) is 5.02 Å². The maximum atomic E-state index is 9.44. The zero-order valence-electron chi connectivity index (χ0n) is 9.00. The van der Waals surface area contributed by atoms with Crippen molar-refractivity contribution in [2.24, 2.45) is 0 Å². The van der Waals surface area contributed by atoms with Crippen molar-refractivity contribution in [3.8, 4) is 27.9 Å². The Kier molecular flexibility index (Phi) is 2.77. The minimum absolute atomic E-state index is 0.102. The van der Waals surface area contributed by atoms with E-state index in [1.165, 1.54) is 23.5 Å². The van der Waals surface area contributed by atoms with Gasteiger partial charge in [-0.05, 0) is 29.6 Å². The van der Waals surface area contributed by atoms with Gasteiger partial charge in [-0.1, -0.05) is 22.8 Å². The lowest BCUT2D eigenvalue weighted by Gasteiger charge is -1.98. The molecule has 0 atom stereocenters. The minimum Gasteiger partial charge on any atom is -0.508 e. The van der Waals surface area contributed by atoms with Crippen molar-refractivity contribution in [1.29, 1.82) is 0 Å². The third kappa shape index (κ3) is 1.98. The zero-order chi connectivity index (χ0) is 12.5. The maximum Gasteiger partial charge on any atom is 0.259 e. The molecule has 90 valence electrons. The number of nitrogens with zero attached hydrogens (tertiary/aromatic N) is 2. The number of rotatable bonds is 2. The van der Waals surface area contributed by atoms with Crippen molar-refractivity contribution < 1.29 is 9.63 Å². The number of aromatic hydroxyl groups is 1. The predicted molar refractivity (Wildman–Crippen MR) is 69.7 cm³/mol. The number of benzene rings is 1. The highest BCUT2D eigenvalue weighted by atomic mass is 35.5. The lowest BCUT2D eigenvalue weighted by atomic mass is 10.2. The Hall–Kier alpha value is -1.85. The standard InChI is InChI=1S/C12H7ClN2O2S/c13-9-4-3-7(16)6-8(9)12-14-11(15-17-12)10-2-1-5-18-10/h1-6,16H. The van der Waals surface area contributed by atoms with Gasteiger partial charge >= 0.3 is 0 Å². The topological polar surface area (TPSA) is 59.2 Å². The van der Waals surface area contributed by atoms with Crippen LogP contribution in [0.15, 0.2) is 40.2 Å². The van der Waals surface area contributed by atoms with E-state index in [0.717, 1.165) is 4.88 Å². The fraction of sp³-hybridized carbons (Fsp3) is 0. The second-order valence-electron chi connectivity index (χ2n) is 3.56. The second kappa shape index (κ2) is 4.44. The number of hydrogen-bond acceptors (Lipinski definition) is 5. The molecule has 0 amide bonds. The zero-order valence-corrected chi connectivity index (χ0v) is 10.6. The van der Waals surface area contributed by atoms with Crippen molar-refractivity contribution >= 4 is 22.9 Å². The van der Waals surface area contributed by atoms with E-state index in [0.29, 0.717) is 22.3 Å². The molecule has 0 spiro atoms. The molecule has 1 N–H and O–H groups in total. The van der Waals surface area contributed by atoms with Gasteiger partial charge in [-0.3, -0.25) is 0 Å². The molecule has 2 heterocycles. The number of aromatic nitrogens is 2. The molecule has 18 heavy (non-hydrogen) atoms. The first kappa shape index (κ1) is 11.3. The van der Waals surface area contributed by atoms with E-state index in [4.69, 9.17) is 16.1 Å². The normalized spacial score (nSPS) is 10.7. The highest BCUT2D eigenvalue weighted by molar-refractivity contribution is 7.13. The molecule has 0 aliphatic rings. The first-order valence-corrected chi connectivity index (χ1v) is 6.36. The van der Waals surface area contributed by atoms with E-state index >= 15 is 0 Å². The summed E-state index contributed by atoms with van der Waals surface area (Å²) in [5.74, 6) is 0.906. The van der Waals surface area contributed by atoms with E-state index in [-0.39, 0.29) is 5.75 Å². The summed E-state index contributed by atoms with van der Waals surface area (Å²) in [7, 11) is 0. The molecule has 6 heteroatoms. The Morgan fingerprint density at radius 1 is 1.28 bits per heavy atom. The predicted octanol–water partition coefficient (Wildman–Crippen LogP) is 3.82. The lowest BCUT2D eigenvalue weighted by molar-refractivity contribution is 0.431. The number of halogens is 1. The van der Waals surface area contributed by atoms with Crippen molar-refractivity contribution in [2.75, 3.05) is 0 Å². The van der Waals surface area contributed by atoms with E-state index < -0.39 is 0 Å². The number of phenolic OH excluding ortho intramolecular Hbond substituents is 1. The highest BCUT2D eigenvalue weighted by Crippen LogP contribution is 2.31. The van der Waals surface area contributed by atoms with Crippen LogP contribution in [0.1, 0.15) is 0 Å². The molecule has 0 saturated heterocycles. The van der Waals surface area contributed by atoms with Gasteiger partial charge in [0, 0.05) is 0 Å². The summed E-state index contributed by atoms with van der Waals surface area (Å²) in [6, 6.07) is 8.40. The summed E-state index contributed by atoms with van der Waals surface area (Å²) >= 11 is 7.55. The third-order valence-corrected chi connectivity index (χ3v) is 3.54. The van der Waals surface area contributed by atoms with E-state index in [9.17, 15) is 5.11 Å². The Bertz CT molecular complexity index is 679. The molecule has 0 bridgehead atoms. The molecule has 0 unspecified atom stereocenters.